The normalized spacial score (nSPS) is 17.3. The fraction of sp³-hybridized carbons (Fsp3) is 0.524. The van der Waals surface area contributed by atoms with Crippen molar-refractivity contribution in [3.8, 4) is 5.75 Å². The van der Waals surface area contributed by atoms with Gasteiger partial charge in [-0.1, -0.05) is 12.1 Å². The number of benzene rings is 1. The van der Waals surface area contributed by atoms with Crippen LogP contribution in [-0.4, -0.2) is 39.6 Å². The van der Waals surface area contributed by atoms with Gasteiger partial charge in [-0.05, 0) is 63.6 Å². The maximum absolute atomic E-state index is 12.8. The van der Waals surface area contributed by atoms with Crippen LogP contribution in [0, 0.1) is 20.8 Å². The summed E-state index contributed by atoms with van der Waals surface area (Å²) >= 11 is 0. The van der Waals surface area contributed by atoms with Gasteiger partial charge in [0.1, 0.15) is 11.6 Å². The first-order valence-corrected chi connectivity index (χ1v) is 9.52. The zero-order chi connectivity index (χ0) is 18.5. The predicted molar refractivity (Wildman–Crippen MR) is 102 cm³/mol. The molecule has 1 atom stereocenters. The second-order valence-corrected chi connectivity index (χ2v) is 7.18. The first-order chi connectivity index (χ1) is 12.6. The molecule has 5 nitrogen and oxygen atoms in total. The highest BCUT2D eigenvalue weighted by Gasteiger charge is 2.26. The Labute approximate surface area is 156 Å². The topological polar surface area (TPSA) is 47.4 Å². The molecule has 0 bridgehead atoms. The van der Waals surface area contributed by atoms with Crippen LogP contribution in [0.4, 0.5) is 0 Å². The van der Waals surface area contributed by atoms with E-state index in [-0.39, 0.29) is 12.5 Å². The first-order valence-electron chi connectivity index (χ1n) is 9.52. The summed E-state index contributed by atoms with van der Waals surface area (Å²) in [6.45, 7) is 7.96. The van der Waals surface area contributed by atoms with Gasteiger partial charge < -0.3 is 14.2 Å². The van der Waals surface area contributed by atoms with Gasteiger partial charge in [-0.15, -0.1) is 0 Å². The SMILES string of the molecule is Cc1cccc(OCC(=O)N2CCCC[C@H]2CCn2ccnc2C)c1C. The Morgan fingerprint density at radius 1 is 1.27 bits per heavy atom. The molecule has 0 aliphatic carbocycles. The van der Waals surface area contributed by atoms with E-state index in [0.29, 0.717) is 6.04 Å². The van der Waals surface area contributed by atoms with Crippen molar-refractivity contribution in [2.75, 3.05) is 13.2 Å². The third kappa shape index (κ3) is 4.26. The van der Waals surface area contributed by atoms with Gasteiger partial charge in [-0.2, -0.15) is 0 Å². The number of nitrogens with zero attached hydrogens (tertiary/aromatic N) is 3. The Balaban J connectivity index is 1.58. The van der Waals surface area contributed by atoms with E-state index >= 15 is 0 Å². The molecule has 0 radical (unpaired) electrons. The minimum Gasteiger partial charge on any atom is -0.483 e. The molecule has 1 fully saturated rings. The molecule has 2 aromatic rings. The average molecular weight is 355 g/mol. The van der Waals surface area contributed by atoms with E-state index in [9.17, 15) is 4.79 Å². The van der Waals surface area contributed by atoms with Crippen molar-refractivity contribution in [1.82, 2.24) is 14.5 Å². The van der Waals surface area contributed by atoms with E-state index < -0.39 is 0 Å². The summed E-state index contributed by atoms with van der Waals surface area (Å²) in [5.74, 6) is 1.93. The molecule has 0 spiro atoms. The van der Waals surface area contributed by atoms with Crippen LogP contribution in [0.15, 0.2) is 30.6 Å². The second kappa shape index (κ2) is 8.39. The minimum atomic E-state index is 0.0953. The maximum atomic E-state index is 12.8. The van der Waals surface area contributed by atoms with E-state index in [1.54, 1.807) is 0 Å². The Bertz CT molecular complexity index is 753. The third-order valence-corrected chi connectivity index (χ3v) is 5.48. The molecule has 5 heteroatoms. The number of piperidine rings is 1. The molecule has 0 unspecified atom stereocenters. The number of ether oxygens (including phenoxy) is 1. The molecule has 1 aromatic carbocycles. The molecular formula is C21H29N3O2. The molecule has 2 heterocycles. The fourth-order valence-electron chi connectivity index (χ4n) is 3.66. The standard InChI is InChI=1S/C21H29N3O2/c1-16-7-6-9-20(17(16)2)26-15-21(25)24-12-5-4-8-19(24)10-13-23-14-11-22-18(23)3/h6-7,9,11,14,19H,4-5,8,10,12-13,15H2,1-3H3/t19-/m0/s1. The lowest BCUT2D eigenvalue weighted by Gasteiger charge is -2.36. The van der Waals surface area contributed by atoms with Crippen LogP contribution in [0.5, 0.6) is 5.75 Å². The molecular weight excluding hydrogens is 326 g/mol. The van der Waals surface area contributed by atoms with Crippen LogP contribution < -0.4 is 4.74 Å². The van der Waals surface area contributed by atoms with Gasteiger partial charge >= 0.3 is 0 Å². The largest absolute Gasteiger partial charge is 0.483 e. The lowest BCUT2D eigenvalue weighted by molar-refractivity contribution is -0.137. The summed E-state index contributed by atoms with van der Waals surface area (Å²) in [4.78, 5) is 19.1. The maximum Gasteiger partial charge on any atom is 0.260 e. The second-order valence-electron chi connectivity index (χ2n) is 7.18. The average Bonchev–Trinajstić information content (AvgIpc) is 3.06. The van der Waals surface area contributed by atoms with Gasteiger partial charge in [-0.3, -0.25) is 4.79 Å². The summed E-state index contributed by atoms with van der Waals surface area (Å²) in [5, 5.41) is 0. The molecule has 1 saturated heterocycles. The Morgan fingerprint density at radius 3 is 2.88 bits per heavy atom. The number of amides is 1. The minimum absolute atomic E-state index is 0.0953. The van der Waals surface area contributed by atoms with Crippen LogP contribution in [0.25, 0.3) is 0 Å². The van der Waals surface area contributed by atoms with Crippen LogP contribution in [-0.2, 0) is 11.3 Å². The highest BCUT2D eigenvalue weighted by molar-refractivity contribution is 5.78. The molecule has 3 rings (SSSR count). The van der Waals surface area contributed by atoms with Crippen molar-refractivity contribution >= 4 is 5.91 Å². The number of rotatable bonds is 6. The van der Waals surface area contributed by atoms with Gasteiger partial charge in [0.05, 0.1) is 0 Å². The lowest BCUT2D eigenvalue weighted by atomic mass is 9.99. The van der Waals surface area contributed by atoms with Crippen LogP contribution in [0.2, 0.25) is 0 Å². The predicted octanol–water partition coefficient (Wildman–Crippen LogP) is 3.66. The van der Waals surface area contributed by atoms with Crippen molar-refractivity contribution < 1.29 is 9.53 Å². The van der Waals surface area contributed by atoms with Crippen LogP contribution in [0.1, 0.15) is 42.6 Å². The summed E-state index contributed by atoms with van der Waals surface area (Å²) < 4.78 is 8.00. The number of aryl methyl sites for hydroxylation is 3. The molecule has 1 aliphatic heterocycles. The molecule has 26 heavy (non-hydrogen) atoms. The number of likely N-dealkylation sites (tertiary alicyclic amines) is 1. The molecule has 1 amide bonds. The summed E-state index contributed by atoms with van der Waals surface area (Å²) in [6.07, 6.45) is 8.14. The van der Waals surface area contributed by atoms with Crippen molar-refractivity contribution in [1.29, 1.82) is 0 Å². The molecule has 1 aromatic heterocycles. The van der Waals surface area contributed by atoms with E-state index in [1.807, 2.05) is 43.3 Å². The summed E-state index contributed by atoms with van der Waals surface area (Å²) in [6, 6.07) is 6.26. The smallest absolute Gasteiger partial charge is 0.260 e. The van der Waals surface area contributed by atoms with Gasteiger partial charge in [0.25, 0.3) is 5.91 Å². The Hall–Kier alpha value is -2.30. The number of hydrogen-bond acceptors (Lipinski definition) is 3. The molecule has 0 N–H and O–H groups in total. The number of aromatic nitrogens is 2. The highest BCUT2D eigenvalue weighted by Crippen LogP contribution is 2.23. The van der Waals surface area contributed by atoms with Crippen LogP contribution >= 0.6 is 0 Å². The van der Waals surface area contributed by atoms with Gasteiger partial charge in [0.15, 0.2) is 6.61 Å². The first kappa shape index (κ1) is 18.5. The molecule has 1 aliphatic rings. The molecule has 140 valence electrons. The quantitative estimate of drug-likeness (QED) is 0.794. The van der Waals surface area contributed by atoms with Crippen molar-refractivity contribution in [2.45, 2.75) is 59.0 Å². The van der Waals surface area contributed by atoms with Crippen molar-refractivity contribution in [3.63, 3.8) is 0 Å². The molecule has 0 saturated carbocycles. The van der Waals surface area contributed by atoms with E-state index in [4.69, 9.17) is 4.74 Å². The third-order valence-electron chi connectivity index (χ3n) is 5.48. The van der Waals surface area contributed by atoms with E-state index in [1.165, 1.54) is 12.0 Å². The van der Waals surface area contributed by atoms with Gasteiger partial charge in [0, 0.05) is 31.5 Å². The number of carbonyl (C=O) groups excluding carboxylic acids is 1. The lowest BCUT2D eigenvalue weighted by Crippen LogP contribution is -2.46. The monoisotopic (exact) mass is 355 g/mol. The zero-order valence-corrected chi connectivity index (χ0v) is 16.1. The summed E-state index contributed by atoms with van der Waals surface area (Å²) in [5.41, 5.74) is 2.28. The van der Waals surface area contributed by atoms with Crippen molar-refractivity contribution in [2.24, 2.45) is 0 Å². The summed E-state index contributed by atoms with van der Waals surface area (Å²) in [7, 11) is 0. The van der Waals surface area contributed by atoms with Crippen LogP contribution in [0.3, 0.4) is 0 Å². The van der Waals surface area contributed by atoms with E-state index in [2.05, 4.69) is 22.5 Å². The Morgan fingerprint density at radius 2 is 2.12 bits per heavy atom. The van der Waals surface area contributed by atoms with E-state index in [0.717, 1.165) is 49.5 Å². The zero-order valence-electron chi connectivity index (χ0n) is 16.1. The number of carbonyl (C=O) groups is 1. The van der Waals surface area contributed by atoms with Crippen molar-refractivity contribution in [3.05, 3.63) is 47.5 Å². The Kier molecular flexibility index (Phi) is 5.96. The van der Waals surface area contributed by atoms with Gasteiger partial charge in [-0.25, -0.2) is 4.98 Å². The van der Waals surface area contributed by atoms with Gasteiger partial charge in [0.2, 0.25) is 0 Å². The number of hydrogen-bond donors (Lipinski definition) is 0. The number of imidazole rings is 1. The highest BCUT2D eigenvalue weighted by atomic mass is 16.5. The fourth-order valence-corrected chi connectivity index (χ4v) is 3.66.